The van der Waals surface area contributed by atoms with Gasteiger partial charge in [-0.15, -0.1) is 24.0 Å². The highest BCUT2D eigenvalue weighted by Crippen LogP contribution is 2.40. The van der Waals surface area contributed by atoms with Crippen LogP contribution in [0.2, 0.25) is 0 Å². The Hall–Kier alpha value is -1.35. The maximum absolute atomic E-state index is 12.6. The molecule has 1 aliphatic heterocycles. The molecule has 2 N–H and O–H groups in total. The topological polar surface area (TPSA) is 66.0 Å². The van der Waals surface area contributed by atoms with Crippen molar-refractivity contribution in [1.29, 1.82) is 0 Å². The molecule has 1 amide bonds. The second-order valence-corrected chi connectivity index (χ2v) is 8.98. The molecule has 0 spiro atoms. The molecule has 0 atom stereocenters. The van der Waals surface area contributed by atoms with Crippen LogP contribution in [0.1, 0.15) is 74.2 Å². The van der Waals surface area contributed by atoms with Gasteiger partial charge in [-0.25, -0.2) is 0 Å². The van der Waals surface area contributed by atoms with Crippen LogP contribution in [-0.4, -0.2) is 56.7 Å². The van der Waals surface area contributed by atoms with E-state index in [4.69, 9.17) is 4.74 Å². The summed E-state index contributed by atoms with van der Waals surface area (Å²) in [5.41, 5.74) is 2.25. The molecular formula is C25H41IN4O2. The molecule has 2 fully saturated rings. The molecule has 1 aromatic rings. The summed E-state index contributed by atoms with van der Waals surface area (Å²) in [6.45, 7) is 7.07. The average Bonchev–Trinajstić information content (AvgIpc) is 3.29. The molecule has 6 nitrogen and oxygen atoms in total. The van der Waals surface area contributed by atoms with E-state index in [1.165, 1.54) is 32.1 Å². The number of rotatable bonds is 9. The molecule has 2 aliphatic rings. The summed E-state index contributed by atoms with van der Waals surface area (Å²) in [5.74, 6) is 0.988. The van der Waals surface area contributed by atoms with E-state index in [-0.39, 0.29) is 29.9 Å². The van der Waals surface area contributed by atoms with Gasteiger partial charge in [-0.05, 0) is 68.6 Å². The van der Waals surface area contributed by atoms with Crippen LogP contribution in [0.4, 0.5) is 0 Å². The van der Waals surface area contributed by atoms with Crippen molar-refractivity contribution in [3.8, 4) is 0 Å². The van der Waals surface area contributed by atoms with Crippen molar-refractivity contribution in [3.63, 3.8) is 0 Å². The molecule has 1 saturated heterocycles. The van der Waals surface area contributed by atoms with Crippen LogP contribution in [0.5, 0.6) is 0 Å². The normalized spacial score (nSPS) is 18.2. The van der Waals surface area contributed by atoms with Gasteiger partial charge in [0.05, 0.1) is 0 Å². The molecule has 3 rings (SSSR count). The van der Waals surface area contributed by atoms with Gasteiger partial charge >= 0.3 is 0 Å². The molecular weight excluding hydrogens is 515 g/mol. The second kappa shape index (κ2) is 14.0. The van der Waals surface area contributed by atoms with E-state index in [1.807, 2.05) is 36.2 Å². The van der Waals surface area contributed by atoms with Crippen molar-refractivity contribution >= 4 is 35.8 Å². The molecule has 0 unspecified atom stereocenters. The van der Waals surface area contributed by atoms with Crippen LogP contribution >= 0.6 is 24.0 Å². The monoisotopic (exact) mass is 556 g/mol. The number of hydrogen-bond donors (Lipinski definition) is 2. The van der Waals surface area contributed by atoms with Gasteiger partial charge < -0.3 is 20.3 Å². The summed E-state index contributed by atoms with van der Waals surface area (Å²) < 4.78 is 5.62. The predicted molar refractivity (Wildman–Crippen MR) is 142 cm³/mol. The fraction of sp³-hybridized carbons (Fsp3) is 0.680. The lowest BCUT2D eigenvalue weighted by Gasteiger charge is -2.30. The first-order chi connectivity index (χ1) is 15.2. The number of carbonyl (C=O) groups excluding carboxylic acids is 1. The Morgan fingerprint density at radius 3 is 2.38 bits per heavy atom. The van der Waals surface area contributed by atoms with E-state index >= 15 is 0 Å². The Kier molecular flexibility index (Phi) is 11.8. The van der Waals surface area contributed by atoms with Gasteiger partial charge in [0.1, 0.15) is 0 Å². The summed E-state index contributed by atoms with van der Waals surface area (Å²) in [6.07, 6.45) is 9.71. The third kappa shape index (κ3) is 7.90. The highest BCUT2D eigenvalue weighted by molar-refractivity contribution is 14.0. The summed E-state index contributed by atoms with van der Waals surface area (Å²) in [5, 5.41) is 6.96. The fourth-order valence-electron chi connectivity index (χ4n) is 4.80. The van der Waals surface area contributed by atoms with E-state index in [2.05, 4.69) is 22.5 Å². The first-order valence-corrected chi connectivity index (χ1v) is 12.1. The Morgan fingerprint density at radius 1 is 1.06 bits per heavy atom. The third-order valence-corrected chi connectivity index (χ3v) is 6.80. The molecule has 1 saturated carbocycles. The number of likely N-dealkylation sites (tertiary alicyclic amines) is 1. The van der Waals surface area contributed by atoms with Crippen molar-refractivity contribution in [2.24, 2.45) is 10.4 Å². The highest BCUT2D eigenvalue weighted by atomic mass is 127. The zero-order valence-electron chi connectivity index (χ0n) is 19.8. The molecule has 1 heterocycles. The minimum absolute atomic E-state index is 0. The van der Waals surface area contributed by atoms with Crippen LogP contribution in [-0.2, 0) is 11.3 Å². The number of nitrogens with zero attached hydrogens (tertiary/aromatic N) is 2. The summed E-state index contributed by atoms with van der Waals surface area (Å²) in [7, 11) is 1.82. The zero-order chi connectivity index (χ0) is 21.9. The minimum Gasteiger partial charge on any atom is -0.382 e. The van der Waals surface area contributed by atoms with E-state index < -0.39 is 0 Å². The zero-order valence-corrected chi connectivity index (χ0v) is 22.2. The van der Waals surface area contributed by atoms with Crippen LogP contribution in [0.3, 0.4) is 0 Å². The Bertz CT molecular complexity index is 711. The predicted octanol–water partition coefficient (Wildman–Crippen LogP) is 4.58. The van der Waals surface area contributed by atoms with Crippen molar-refractivity contribution in [3.05, 3.63) is 35.4 Å². The Labute approximate surface area is 211 Å². The van der Waals surface area contributed by atoms with E-state index in [0.717, 1.165) is 69.2 Å². The number of amides is 1. The lowest BCUT2D eigenvalue weighted by molar-refractivity contribution is 0.0724. The SMILES string of the molecule is CCOCCC1(CNC(=NC)NCc2ccc(C(=O)N3CCCCC3)cc2)CCCC1.I. The van der Waals surface area contributed by atoms with Gasteiger partial charge in [0.15, 0.2) is 5.96 Å². The molecule has 180 valence electrons. The van der Waals surface area contributed by atoms with E-state index in [9.17, 15) is 4.79 Å². The first kappa shape index (κ1) is 26.9. The number of piperidine rings is 1. The van der Waals surface area contributed by atoms with Crippen LogP contribution in [0, 0.1) is 5.41 Å². The largest absolute Gasteiger partial charge is 0.382 e. The molecule has 1 aliphatic carbocycles. The number of guanidine groups is 1. The first-order valence-electron chi connectivity index (χ1n) is 12.1. The quantitative estimate of drug-likeness (QED) is 0.202. The summed E-state index contributed by atoms with van der Waals surface area (Å²) in [4.78, 5) is 19.0. The van der Waals surface area contributed by atoms with Crippen molar-refractivity contribution in [2.75, 3.05) is 39.9 Å². The van der Waals surface area contributed by atoms with E-state index in [0.29, 0.717) is 12.0 Å². The minimum atomic E-state index is 0. The number of hydrogen-bond acceptors (Lipinski definition) is 3. The lowest BCUT2D eigenvalue weighted by Crippen LogP contribution is -2.43. The van der Waals surface area contributed by atoms with Gasteiger partial charge in [0.2, 0.25) is 0 Å². The molecule has 0 bridgehead atoms. The number of ether oxygens (including phenoxy) is 1. The molecule has 32 heavy (non-hydrogen) atoms. The second-order valence-electron chi connectivity index (χ2n) is 8.98. The smallest absolute Gasteiger partial charge is 0.253 e. The Balaban J connectivity index is 0.00000363. The van der Waals surface area contributed by atoms with Gasteiger partial charge in [0.25, 0.3) is 5.91 Å². The molecule has 0 aromatic heterocycles. The maximum Gasteiger partial charge on any atom is 0.253 e. The van der Waals surface area contributed by atoms with Gasteiger partial charge in [-0.2, -0.15) is 0 Å². The number of halogens is 1. The number of aliphatic imine (C=N–C) groups is 1. The van der Waals surface area contributed by atoms with Crippen molar-refractivity contribution in [2.45, 2.75) is 64.8 Å². The summed E-state index contributed by atoms with van der Waals surface area (Å²) in [6, 6.07) is 7.98. The molecule has 1 aromatic carbocycles. The number of benzene rings is 1. The number of carbonyl (C=O) groups is 1. The van der Waals surface area contributed by atoms with Crippen LogP contribution < -0.4 is 10.6 Å². The lowest BCUT2D eigenvalue weighted by atomic mass is 9.83. The average molecular weight is 557 g/mol. The maximum atomic E-state index is 12.6. The van der Waals surface area contributed by atoms with Crippen molar-refractivity contribution < 1.29 is 9.53 Å². The fourth-order valence-corrected chi connectivity index (χ4v) is 4.80. The van der Waals surface area contributed by atoms with Gasteiger partial charge in [0, 0.05) is 52.0 Å². The summed E-state index contributed by atoms with van der Waals surface area (Å²) >= 11 is 0. The van der Waals surface area contributed by atoms with Crippen LogP contribution in [0.15, 0.2) is 29.3 Å². The Morgan fingerprint density at radius 2 is 1.75 bits per heavy atom. The van der Waals surface area contributed by atoms with Crippen LogP contribution in [0.25, 0.3) is 0 Å². The van der Waals surface area contributed by atoms with Gasteiger partial charge in [-0.3, -0.25) is 9.79 Å². The van der Waals surface area contributed by atoms with Crippen molar-refractivity contribution in [1.82, 2.24) is 15.5 Å². The molecule has 7 heteroatoms. The van der Waals surface area contributed by atoms with E-state index in [1.54, 1.807) is 0 Å². The third-order valence-electron chi connectivity index (χ3n) is 6.80. The number of nitrogens with one attached hydrogen (secondary N) is 2. The van der Waals surface area contributed by atoms with Gasteiger partial charge in [-0.1, -0.05) is 25.0 Å². The highest BCUT2D eigenvalue weighted by Gasteiger charge is 2.33. The standard InChI is InChI=1S/C25H40N4O2.HI/c1-3-31-18-15-25(13-5-6-14-25)20-28-24(26-2)27-19-21-9-11-22(12-10-21)23(30)29-16-7-4-8-17-29;/h9-12H,3-8,13-20H2,1-2H3,(H2,26,27,28);1H. The molecule has 0 radical (unpaired) electrons.